The lowest BCUT2D eigenvalue weighted by atomic mass is 9.89. The van der Waals surface area contributed by atoms with Crippen molar-refractivity contribution in [3.8, 4) is 0 Å². The number of hydrogen-bond acceptors (Lipinski definition) is 3. The quantitative estimate of drug-likeness (QED) is 0.793. The van der Waals surface area contributed by atoms with Crippen LogP contribution in [0.15, 0.2) is 44.7 Å². The molecule has 5 heteroatoms. The van der Waals surface area contributed by atoms with E-state index in [1.807, 2.05) is 0 Å². The summed E-state index contributed by atoms with van der Waals surface area (Å²) in [5, 5.41) is 0.821. The Balaban J connectivity index is 1.72. The van der Waals surface area contributed by atoms with Crippen LogP contribution in [0, 0.1) is 11.7 Å². The van der Waals surface area contributed by atoms with Crippen molar-refractivity contribution >= 4 is 28.5 Å². The monoisotopic (exact) mass is 300 g/mol. The highest BCUT2D eigenvalue weighted by molar-refractivity contribution is 8.17. The van der Waals surface area contributed by atoms with E-state index in [0.29, 0.717) is 11.4 Å². The van der Waals surface area contributed by atoms with Crippen LogP contribution in [-0.4, -0.2) is 16.8 Å². The summed E-state index contributed by atoms with van der Waals surface area (Å²) in [6.45, 7) is 0. The first kappa shape index (κ1) is 13.0. The van der Waals surface area contributed by atoms with Crippen LogP contribution in [0.5, 0.6) is 0 Å². The Bertz CT molecular complexity index is 736. The fourth-order valence-electron chi connectivity index (χ4n) is 3.05. The first-order chi connectivity index (χ1) is 10.2. The number of carbonyl (C=O) groups is 1. The summed E-state index contributed by atoms with van der Waals surface area (Å²) >= 11 is 1.62. The van der Waals surface area contributed by atoms with Gasteiger partial charge < -0.3 is 0 Å². The average molecular weight is 300 g/mol. The third-order valence-corrected chi connectivity index (χ3v) is 5.29. The normalized spacial score (nSPS) is 24.4. The second-order valence-electron chi connectivity index (χ2n) is 5.42. The number of aliphatic imine (C=N–C) groups is 2. The number of rotatable bonds is 1. The Hall–Kier alpha value is -1.75. The van der Waals surface area contributed by atoms with Crippen LogP contribution >= 0.6 is 11.8 Å². The second-order valence-corrected chi connectivity index (χ2v) is 6.54. The van der Waals surface area contributed by atoms with Crippen LogP contribution in [0.2, 0.25) is 0 Å². The van der Waals surface area contributed by atoms with Gasteiger partial charge in [0, 0.05) is 5.56 Å². The predicted octanol–water partition coefficient (Wildman–Crippen LogP) is 3.70. The number of carbonyl (C=O) groups excluding carboxylic acids is 1. The summed E-state index contributed by atoms with van der Waals surface area (Å²) in [7, 11) is 0. The molecule has 0 aromatic heterocycles. The summed E-state index contributed by atoms with van der Waals surface area (Å²) in [5.41, 5.74) is 1.77. The number of amidine groups is 1. The lowest BCUT2D eigenvalue weighted by molar-refractivity contribution is -0.118. The maximum atomic E-state index is 13.3. The summed E-state index contributed by atoms with van der Waals surface area (Å²) in [6, 6.07) is 6.07. The first-order valence-electron chi connectivity index (χ1n) is 7.09. The van der Waals surface area contributed by atoms with Gasteiger partial charge in [-0.25, -0.2) is 9.38 Å². The van der Waals surface area contributed by atoms with Gasteiger partial charge in [0.15, 0.2) is 5.84 Å². The van der Waals surface area contributed by atoms with E-state index in [4.69, 9.17) is 0 Å². The highest BCUT2D eigenvalue weighted by Crippen LogP contribution is 2.47. The molecule has 0 saturated heterocycles. The van der Waals surface area contributed by atoms with Gasteiger partial charge in [0.05, 0.1) is 5.04 Å². The minimum atomic E-state index is -0.346. The molecule has 0 radical (unpaired) electrons. The Kier molecular flexibility index (Phi) is 3.03. The average Bonchev–Trinajstić information content (AvgIpc) is 2.86. The van der Waals surface area contributed by atoms with E-state index in [2.05, 4.69) is 9.98 Å². The van der Waals surface area contributed by atoms with Gasteiger partial charge in [0.1, 0.15) is 11.7 Å². The second kappa shape index (κ2) is 4.91. The molecular formula is C16H13FN2OS. The molecule has 0 fully saturated rings. The number of allylic oxidation sites excluding steroid dienone is 1. The molecular weight excluding hydrogens is 287 g/mol. The lowest BCUT2D eigenvalue weighted by Gasteiger charge is -2.18. The molecule has 21 heavy (non-hydrogen) atoms. The molecule has 1 aromatic rings. The van der Waals surface area contributed by atoms with Crippen molar-refractivity contribution in [2.75, 3.05) is 0 Å². The van der Waals surface area contributed by atoms with Crippen LogP contribution in [-0.2, 0) is 4.79 Å². The predicted molar refractivity (Wildman–Crippen MR) is 82.0 cm³/mol. The van der Waals surface area contributed by atoms with Crippen molar-refractivity contribution in [3.63, 3.8) is 0 Å². The molecule has 1 aliphatic carbocycles. The molecule has 106 valence electrons. The van der Waals surface area contributed by atoms with Crippen molar-refractivity contribution < 1.29 is 9.18 Å². The first-order valence-corrected chi connectivity index (χ1v) is 7.91. The number of halogens is 1. The van der Waals surface area contributed by atoms with E-state index in [1.165, 1.54) is 29.0 Å². The maximum absolute atomic E-state index is 13.3. The van der Waals surface area contributed by atoms with Gasteiger partial charge >= 0.3 is 0 Å². The van der Waals surface area contributed by atoms with Gasteiger partial charge in [-0.05, 0) is 48.3 Å². The molecule has 2 heterocycles. The standard InChI is InChI=1S/C16H13FN2OS/c17-10-5-3-4-9(8-10)14-18-15(20)13-11-6-1-2-7-12(11)21-16(13)19-14/h3-5,8,13H,1-2,6-7H2. The molecule has 0 bridgehead atoms. The number of amides is 1. The van der Waals surface area contributed by atoms with Crippen LogP contribution in [0.25, 0.3) is 0 Å². The summed E-state index contributed by atoms with van der Waals surface area (Å²) in [4.78, 5) is 22.3. The van der Waals surface area contributed by atoms with Crippen LogP contribution in [0.3, 0.4) is 0 Å². The zero-order chi connectivity index (χ0) is 14.4. The minimum Gasteiger partial charge on any atom is -0.271 e. The van der Waals surface area contributed by atoms with Crippen molar-refractivity contribution in [1.82, 2.24) is 0 Å². The zero-order valence-corrected chi connectivity index (χ0v) is 12.1. The molecule has 1 atom stereocenters. The molecule has 2 aliphatic heterocycles. The highest BCUT2D eigenvalue weighted by atomic mass is 32.2. The van der Waals surface area contributed by atoms with Gasteiger partial charge in [0.25, 0.3) is 5.91 Å². The van der Waals surface area contributed by atoms with Crippen LogP contribution in [0.1, 0.15) is 31.2 Å². The van der Waals surface area contributed by atoms with Crippen LogP contribution in [0.4, 0.5) is 4.39 Å². The number of benzene rings is 1. The topological polar surface area (TPSA) is 41.8 Å². The van der Waals surface area contributed by atoms with E-state index in [-0.39, 0.29) is 17.6 Å². The third kappa shape index (κ3) is 2.16. The number of fused-ring (bicyclic) bond motifs is 2. The van der Waals surface area contributed by atoms with Gasteiger partial charge in [-0.3, -0.25) is 4.79 Å². The molecule has 1 unspecified atom stereocenters. The van der Waals surface area contributed by atoms with Gasteiger partial charge in [-0.15, -0.1) is 0 Å². The van der Waals surface area contributed by atoms with E-state index in [0.717, 1.165) is 24.3 Å². The van der Waals surface area contributed by atoms with Crippen molar-refractivity contribution in [2.24, 2.45) is 15.9 Å². The van der Waals surface area contributed by atoms with E-state index in [9.17, 15) is 9.18 Å². The Morgan fingerprint density at radius 3 is 2.90 bits per heavy atom. The summed E-state index contributed by atoms with van der Waals surface area (Å²) in [6.07, 6.45) is 4.33. The SMILES string of the molecule is O=C1N=C(c2cccc(F)c2)N=C2SC3=C(CCCC3)C12. The largest absolute Gasteiger partial charge is 0.271 e. The molecule has 4 rings (SSSR count). The summed E-state index contributed by atoms with van der Waals surface area (Å²) < 4.78 is 13.3. The van der Waals surface area contributed by atoms with Gasteiger partial charge in [-0.2, -0.15) is 4.99 Å². The molecule has 0 spiro atoms. The number of hydrogen-bond donors (Lipinski definition) is 0. The van der Waals surface area contributed by atoms with Gasteiger partial charge in [-0.1, -0.05) is 23.9 Å². The Labute approximate surface area is 126 Å². The van der Waals surface area contributed by atoms with Crippen molar-refractivity contribution in [3.05, 3.63) is 46.1 Å². The highest BCUT2D eigenvalue weighted by Gasteiger charge is 2.40. The van der Waals surface area contributed by atoms with Crippen molar-refractivity contribution in [2.45, 2.75) is 25.7 Å². The lowest BCUT2D eigenvalue weighted by Crippen LogP contribution is -2.26. The van der Waals surface area contributed by atoms with E-state index in [1.54, 1.807) is 23.9 Å². The number of thioether (sulfide) groups is 1. The Morgan fingerprint density at radius 2 is 2.05 bits per heavy atom. The molecule has 0 saturated carbocycles. The fraction of sp³-hybridized carbons (Fsp3) is 0.312. The van der Waals surface area contributed by atoms with Crippen molar-refractivity contribution in [1.29, 1.82) is 0 Å². The number of nitrogens with zero attached hydrogens (tertiary/aromatic N) is 2. The maximum Gasteiger partial charge on any atom is 0.261 e. The van der Waals surface area contributed by atoms with Gasteiger partial charge in [0.2, 0.25) is 0 Å². The van der Waals surface area contributed by atoms with E-state index >= 15 is 0 Å². The fourth-order valence-corrected chi connectivity index (χ4v) is 4.40. The van der Waals surface area contributed by atoms with E-state index < -0.39 is 0 Å². The molecule has 3 aliphatic rings. The molecule has 1 aromatic carbocycles. The summed E-state index contributed by atoms with van der Waals surface area (Å²) in [5.74, 6) is -0.430. The molecule has 0 N–H and O–H groups in total. The molecule has 1 amide bonds. The smallest absolute Gasteiger partial charge is 0.261 e. The minimum absolute atomic E-state index is 0.154. The zero-order valence-electron chi connectivity index (χ0n) is 11.3. The third-order valence-electron chi connectivity index (χ3n) is 4.04. The molecule has 3 nitrogen and oxygen atoms in total. The van der Waals surface area contributed by atoms with Crippen LogP contribution < -0.4 is 0 Å². The Morgan fingerprint density at radius 1 is 1.19 bits per heavy atom.